The van der Waals surface area contributed by atoms with Gasteiger partial charge in [0.25, 0.3) is 0 Å². The maximum absolute atomic E-state index is 13.3. The van der Waals surface area contributed by atoms with Crippen LogP contribution in [0.5, 0.6) is 11.5 Å². The first kappa shape index (κ1) is 19.8. The van der Waals surface area contributed by atoms with Crippen molar-refractivity contribution in [3.05, 3.63) is 35.0 Å². The number of benzene rings is 1. The molecule has 1 atom stereocenters. The number of Topliss-reactive ketones (excluding diaryl/α,β-unsaturated/α-hetero) is 1. The van der Waals surface area contributed by atoms with E-state index in [1.54, 1.807) is 26.0 Å². The van der Waals surface area contributed by atoms with E-state index in [-0.39, 0.29) is 11.2 Å². The number of ketones is 1. The molecule has 1 aromatic heterocycles. The summed E-state index contributed by atoms with van der Waals surface area (Å²) in [6.45, 7) is 6.31. The Balaban J connectivity index is 1.94. The number of rotatable bonds is 5. The molecule has 4 rings (SSSR count). The minimum atomic E-state index is -0.409. The quantitative estimate of drug-likeness (QED) is 0.739. The molecule has 29 heavy (non-hydrogen) atoms. The van der Waals surface area contributed by atoms with E-state index in [9.17, 15) is 4.79 Å². The van der Waals surface area contributed by atoms with E-state index in [1.807, 2.05) is 22.9 Å². The molecule has 0 unspecified atom stereocenters. The second kappa shape index (κ2) is 7.40. The number of nitrogens with one attached hydrogen (secondary N) is 1. The number of hydrogen-bond donors (Lipinski definition) is 1. The molecule has 2 heterocycles. The van der Waals surface area contributed by atoms with E-state index < -0.39 is 6.04 Å². The molecule has 0 amide bonds. The van der Waals surface area contributed by atoms with Gasteiger partial charge in [0, 0.05) is 23.3 Å². The van der Waals surface area contributed by atoms with Gasteiger partial charge in [0.1, 0.15) is 6.04 Å². The van der Waals surface area contributed by atoms with Crippen LogP contribution in [0.15, 0.2) is 34.6 Å². The van der Waals surface area contributed by atoms with Gasteiger partial charge in [-0.05, 0) is 23.7 Å². The van der Waals surface area contributed by atoms with Gasteiger partial charge in [-0.3, -0.25) is 4.79 Å². The first-order chi connectivity index (χ1) is 13.9. The fraction of sp³-hybridized carbons (Fsp3) is 0.476. The van der Waals surface area contributed by atoms with Crippen molar-refractivity contribution >= 4 is 23.5 Å². The summed E-state index contributed by atoms with van der Waals surface area (Å²) >= 11 is 1.58. The van der Waals surface area contributed by atoms with Gasteiger partial charge in [-0.15, -0.1) is 5.10 Å². The Kier molecular flexibility index (Phi) is 5.06. The van der Waals surface area contributed by atoms with E-state index in [0.717, 1.165) is 29.0 Å². The van der Waals surface area contributed by atoms with Gasteiger partial charge in [-0.1, -0.05) is 44.7 Å². The van der Waals surface area contributed by atoms with Gasteiger partial charge in [0.05, 0.1) is 14.2 Å². The lowest BCUT2D eigenvalue weighted by molar-refractivity contribution is -0.118. The molecule has 2 aromatic rings. The Morgan fingerprint density at radius 1 is 1.28 bits per heavy atom. The molecule has 1 aliphatic heterocycles. The number of para-hydroxylation sites is 1. The van der Waals surface area contributed by atoms with Crippen molar-refractivity contribution in [2.75, 3.05) is 25.3 Å². The minimum absolute atomic E-state index is 0.102. The lowest BCUT2D eigenvalue weighted by Crippen LogP contribution is -2.36. The Morgan fingerprint density at radius 2 is 2.07 bits per heavy atom. The van der Waals surface area contributed by atoms with Crippen LogP contribution in [0.2, 0.25) is 0 Å². The van der Waals surface area contributed by atoms with Crippen LogP contribution in [0.25, 0.3) is 0 Å². The smallest absolute Gasteiger partial charge is 0.227 e. The van der Waals surface area contributed by atoms with Crippen molar-refractivity contribution in [2.24, 2.45) is 5.41 Å². The summed E-state index contributed by atoms with van der Waals surface area (Å²) in [6.07, 6.45) is 1.27. The Hall–Kier alpha value is -2.48. The molecular weight excluding hydrogens is 388 g/mol. The number of anilines is 1. The van der Waals surface area contributed by atoms with Crippen molar-refractivity contribution in [3.8, 4) is 11.5 Å². The van der Waals surface area contributed by atoms with E-state index in [0.29, 0.717) is 29.0 Å². The van der Waals surface area contributed by atoms with Crippen molar-refractivity contribution in [3.63, 3.8) is 0 Å². The first-order valence-corrected chi connectivity index (χ1v) is 10.7. The van der Waals surface area contributed by atoms with Crippen LogP contribution in [0.4, 0.5) is 5.95 Å². The molecular formula is C21H26N4O3S. The lowest BCUT2D eigenvalue weighted by atomic mass is 9.73. The van der Waals surface area contributed by atoms with E-state index in [1.165, 1.54) is 0 Å². The van der Waals surface area contributed by atoms with Gasteiger partial charge in [0.2, 0.25) is 11.1 Å². The van der Waals surface area contributed by atoms with Crippen molar-refractivity contribution in [2.45, 2.75) is 44.8 Å². The van der Waals surface area contributed by atoms with E-state index in [2.05, 4.69) is 31.1 Å². The molecule has 1 aliphatic carbocycles. The second-order valence-corrected chi connectivity index (χ2v) is 9.27. The highest BCUT2D eigenvalue weighted by molar-refractivity contribution is 7.99. The molecule has 0 saturated carbocycles. The number of nitrogens with zero attached hydrogens (tertiary/aromatic N) is 3. The van der Waals surface area contributed by atoms with Crippen molar-refractivity contribution < 1.29 is 14.3 Å². The SMILES string of the molecule is CCSc1nc2n(n1)[C@@H](c1cccc(OC)c1OC)C1=C(CC(C)(C)CC1=O)N2. The highest BCUT2D eigenvalue weighted by atomic mass is 32.2. The number of carbonyl (C=O) groups is 1. The summed E-state index contributed by atoms with van der Waals surface area (Å²) in [7, 11) is 3.23. The van der Waals surface area contributed by atoms with Gasteiger partial charge >= 0.3 is 0 Å². The summed E-state index contributed by atoms with van der Waals surface area (Å²) in [5.41, 5.74) is 2.40. The molecule has 154 valence electrons. The largest absolute Gasteiger partial charge is 0.493 e. The predicted molar refractivity (Wildman–Crippen MR) is 113 cm³/mol. The molecule has 2 aliphatic rings. The van der Waals surface area contributed by atoms with Crippen LogP contribution in [-0.2, 0) is 4.79 Å². The number of ether oxygens (including phenoxy) is 2. The lowest BCUT2D eigenvalue weighted by Gasteiger charge is -2.38. The molecule has 1 aromatic carbocycles. The van der Waals surface area contributed by atoms with Gasteiger partial charge in [0.15, 0.2) is 17.3 Å². The summed E-state index contributed by atoms with van der Waals surface area (Å²) < 4.78 is 13.0. The van der Waals surface area contributed by atoms with E-state index >= 15 is 0 Å². The number of aromatic nitrogens is 3. The van der Waals surface area contributed by atoms with Crippen LogP contribution in [0.1, 0.15) is 45.2 Å². The molecule has 0 spiro atoms. The normalized spacial score (nSPS) is 20.0. The fourth-order valence-electron chi connectivity index (χ4n) is 4.19. The number of thioether (sulfide) groups is 1. The molecule has 0 bridgehead atoms. The molecule has 0 fully saturated rings. The summed E-state index contributed by atoms with van der Waals surface area (Å²) in [5, 5.41) is 8.79. The zero-order chi connectivity index (χ0) is 20.8. The van der Waals surface area contributed by atoms with Gasteiger partial charge in [-0.2, -0.15) is 4.98 Å². The molecule has 7 nitrogen and oxygen atoms in total. The second-order valence-electron chi connectivity index (χ2n) is 8.04. The molecule has 0 saturated heterocycles. The maximum Gasteiger partial charge on any atom is 0.227 e. The number of carbonyl (C=O) groups excluding carboxylic acids is 1. The third kappa shape index (κ3) is 3.39. The minimum Gasteiger partial charge on any atom is -0.493 e. The topological polar surface area (TPSA) is 78.3 Å². The predicted octanol–water partition coefficient (Wildman–Crippen LogP) is 4.07. The number of fused-ring (bicyclic) bond motifs is 1. The first-order valence-electron chi connectivity index (χ1n) is 9.72. The third-order valence-corrected chi connectivity index (χ3v) is 6.03. The maximum atomic E-state index is 13.3. The zero-order valence-corrected chi connectivity index (χ0v) is 18.2. The summed E-state index contributed by atoms with van der Waals surface area (Å²) in [4.78, 5) is 18.0. The average Bonchev–Trinajstić information content (AvgIpc) is 3.06. The van der Waals surface area contributed by atoms with Crippen LogP contribution in [-0.4, -0.2) is 40.5 Å². The molecule has 0 radical (unpaired) electrons. The van der Waals surface area contributed by atoms with Crippen LogP contribution in [0, 0.1) is 5.41 Å². The van der Waals surface area contributed by atoms with Crippen LogP contribution >= 0.6 is 11.8 Å². The van der Waals surface area contributed by atoms with Crippen molar-refractivity contribution in [1.82, 2.24) is 14.8 Å². The Bertz CT molecular complexity index is 996. The molecule has 8 heteroatoms. The third-order valence-electron chi connectivity index (χ3n) is 5.31. The monoisotopic (exact) mass is 414 g/mol. The highest BCUT2D eigenvalue weighted by Crippen LogP contribution is 2.48. The standard InChI is InChI=1S/C21H26N4O3S/c1-6-29-20-23-19-22-13-10-21(2,3)11-14(26)16(13)17(25(19)24-20)12-8-7-9-15(27-4)18(12)28-5/h7-9,17H,6,10-11H2,1-5H3,(H,22,23,24)/t17-/m0/s1. The van der Waals surface area contributed by atoms with Crippen molar-refractivity contribution in [1.29, 1.82) is 0 Å². The van der Waals surface area contributed by atoms with Crippen LogP contribution < -0.4 is 14.8 Å². The number of methoxy groups -OCH3 is 2. The average molecular weight is 415 g/mol. The van der Waals surface area contributed by atoms with Gasteiger partial charge < -0.3 is 14.8 Å². The fourth-order valence-corrected chi connectivity index (χ4v) is 4.75. The van der Waals surface area contributed by atoms with Gasteiger partial charge in [-0.25, -0.2) is 4.68 Å². The molecule has 1 N–H and O–H groups in total. The Labute approximate surface area is 174 Å². The number of allylic oxidation sites excluding steroid dienone is 2. The van der Waals surface area contributed by atoms with E-state index in [4.69, 9.17) is 14.6 Å². The highest BCUT2D eigenvalue weighted by Gasteiger charge is 2.43. The summed E-state index contributed by atoms with van der Waals surface area (Å²) in [6, 6.07) is 5.32. The zero-order valence-electron chi connectivity index (χ0n) is 17.4. The van der Waals surface area contributed by atoms with Crippen LogP contribution in [0.3, 0.4) is 0 Å². The summed E-state index contributed by atoms with van der Waals surface area (Å²) in [5.74, 6) is 2.89. The Morgan fingerprint density at radius 3 is 2.76 bits per heavy atom. The number of hydrogen-bond acceptors (Lipinski definition) is 7.